The minimum absolute atomic E-state index is 0.259. The highest BCUT2D eigenvalue weighted by atomic mass is 16.1. The van der Waals surface area contributed by atoms with Gasteiger partial charge in [-0.05, 0) is 36.4 Å². The number of aromatic nitrogens is 3. The van der Waals surface area contributed by atoms with Crippen LogP contribution in [0.2, 0.25) is 0 Å². The van der Waals surface area contributed by atoms with Crippen LogP contribution in [0.4, 0.5) is 5.69 Å². The molecule has 2 aromatic carbocycles. The Hall–Kier alpha value is -3.20. The first-order valence-electron chi connectivity index (χ1n) is 5.88. The van der Waals surface area contributed by atoms with E-state index in [0.717, 1.165) is 0 Å². The van der Waals surface area contributed by atoms with Crippen LogP contribution in [-0.4, -0.2) is 21.3 Å². The fraction of sp³-hybridized carbons (Fsp3) is 0. The molecule has 0 aliphatic rings. The molecule has 6 heteroatoms. The second kappa shape index (κ2) is 4.82. The fourth-order valence-electron chi connectivity index (χ4n) is 1.85. The van der Waals surface area contributed by atoms with Crippen molar-refractivity contribution < 1.29 is 4.79 Å². The summed E-state index contributed by atoms with van der Waals surface area (Å²) in [5, 5.41) is 21.9. The van der Waals surface area contributed by atoms with Gasteiger partial charge in [0.05, 0.1) is 11.6 Å². The van der Waals surface area contributed by atoms with Crippen molar-refractivity contribution in [3.8, 4) is 6.07 Å². The van der Waals surface area contributed by atoms with Crippen molar-refractivity contribution >= 4 is 22.6 Å². The maximum Gasteiger partial charge on any atom is 0.255 e. The lowest BCUT2D eigenvalue weighted by Crippen LogP contribution is -2.11. The summed E-state index contributed by atoms with van der Waals surface area (Å²) >= 11 is 0. The number of amides is 1. The molecule has 96 valence electrons. The number of benzene rings is 2. The number of aromatic amines is 1. The van der Waals surface area contributed by atoms with E-state index in [4.69, 9.17) is 5.26 Å². The van der Waals surface area contributed by atoms with Crippen molar-refractivity contribution in [3.05, 3.63) is 53.6 Å². The highest BCUT2D eigenvalue weighted by Crippen LogP contribution is 2.14. The zero-order chi connectivity index (χ0) is 13.9. The molecule has 0 radical (unpaired) electrons. The number of nitrogens with one attached hydrogen (secondary N) is 2. The van der Waals surface area contributed by atoms with Gasteiger partial charge >= 0.3 is 0 Å². The Morgan fingerprint density at radius 3 is 2.85 bits per heavy atom. The Balaban J connectivity index is 1.86. The van der Waals surface area contributed by atoms with E-state index in [1.807, 2.05) is 6.07 Å². The van der Waals surface area contributed by atoms with Gasteiger partial charge in [-0.25, -0.2) is 0 Å². The molecule has 0 atom stereocenters. The van der Waals surface area contributed by atoms with E-state index in [-0.39, 0.29) is 5.91 Å². The molecule has 3 aromatic rings. The van der Waals surface area contributed by atoms with Gasteiger partial charge in [0.1, 0.15) is 11.0 Å². The van der Waals surface area contributed by atoms with Gasteiger partial charge in [0.2, 0.25) is 0 Å². The molecule has 0 aliphatic heterocycles. The summed E-state index contributed by atoms with van der Waals surface area (Å²) in [7, 11) is 0. The van der Waals surface area contributed by atoms with Crippen molar-refractivity contribution in [2.75, 3.05) is 5.32 Å². The third-order valence-electron chi connectivity index (χ3n) is 2.83. The van der Waals surface area contributed by atoms with E-state index < -0.39 is 0 Å². The third kappa shape index (κ3) is 2.20. The lowest BCUT2D eigenvalue weighted by atomic mass is 10.1. The number of hydrogen-bond acceptors (Lipinski definition) is 4. The molecule has 2 N–H and O–H groups in total. The largest absolute Gasteiger partial charge is 0.322 e. The Bertz CT molecular complexity index is 831. The number of fused-ring (bicyclic) bond motifs is 1. The highest BCUT2D eigenvalue weighted by molar-refractivity contribution is 6.05. The van der Waals surface area contributed by atoms with Gasteiger partial charge in [-0.3, -0.25) is 4.79 Å². The van der Waals surface area contributed by atoms with Gasteiger partial charge in [0.25, 0.3) is 5.91 Å². The van der Waals surface area contributed by atoms with Gasteiger partial charge in [0, 0.05) is 11.3 Å². The van der Waals surface area contributed by atoms with Crippen LogP contribution in [0.15, 0.2) is 42.5 Å². The molecule has 0 saturated carbocycles. The fourth-order valence-corrected chi connectivity index (χ4v) is 1.85. The smallest absolute Gasteiger partial charge is 0.255 e. The molecule has 0 fully saturated rings. The van der Waals surface area contributed by atoms with Crippen molar-refractivity contribution in [2.45, 2.75) is 0 Å². The van der Waals surface area contributed by atoms with Crippen LogP contribution in [0.5, 0.6) is 0 Å². The average Bonchev–Trinajstić information content (AvgIpc) is 2.94. The number of carbonyl (C=O) groups excluding carboxylic acids is 1. The summed E-state index contributed by atoms with van der Waals surface area (Å²) in [6.45, 7) is 0. The lowest BCUT2D eigenvalue weighted by Gasteiger charge is -2.05. The van der Waals surface area contributed by atoms with E-state index in [1.165, 1.54) is 0 Å². The van der Waals surface area contributed by atoms with E-state index in [1.54, 1.807) is 42.5 Å². The van der Waals surface area contributed by atoms with Crippen molar-refractivity contribution in [1.29, 1.82) is 5.26 Å². The molecule has 0 spiro atoms. The van der Waals surface area contributed by atoms with Crippen molar-refractivity contribution in [3.63, 3.8) is 0 Å². The monoisotopic (exact) mass is 263 g/mol. The number of rotatable bonds is 2. The van der Waals surface area contributed by atoms with E-state index in [0.29, 0.717) is 27.8 Å². The molecule has 0 aliphatic carbocycles. The maximum absolute atomic E-state index is 12.1. The van der Waals surface area contributed by atoms with Crippen molar-refractivity contribution in [1.82, 2.24) is 15.4 Å². The van der Waals surface area contributed by atoms with Crippen LogP contribution >= 0.6 is 0 Å². The topological polar surface area (TPSA) is 94.5 Å². The first-order valence-corrected chi connectivity index (χ1v) is 5.88. The summed E-state index contributed by atoms with van der Waals surface area (Å²) in [6.07, 6.45) is 0. The molecule has 3 rings (SSSR count). The highest BCUT2D eigenvalue weighted by Gasteiger charge is 2.08. The molecule has 6 nitrogen and oxygen atoms in total. The SMILES string of the molecule is N#Cc1cccc(NC(=O)c2ccc3n[nH]nc3c2)c1. The Morgan fingerprint density at radius 2 is 2.00 bits per heavy atom. The molecule has 0 unspecified atom stereocenters. The summed E-state index contributed by atoms with van der Waals surface area (Å²) in [5.41, 5.74) is 2.88. The van der Waals surface area contributed by atoms with Crippen molar-refractivity contribution in [2.24, 2.45) is 0 Å². The zero-order valence-corrected chi connectivity index (χ0v) is 10.3. The normalized spacial score (nSPS) is 10.2. The van der Waals surface area contributed by atoms with Gasteiger partial charge in [0.15, 0.2) is 0 Å². The minimum atomic E-state index is -0.259. The number of nitriles is 1. The Kier molecular flexibility index (Phi) is 2.86. The van der Waals surface area contributed by atoms with Crippen LogP contribution in [0.3, 0.4) is 0 Å². The van der Waals surface area contributed by atoms with Crippen LogP contribution < -0.4 is 5.32 Å². The number of H-pyrrole nitrogens is 1. The molecule has 0 bridgehead atoms. The molecule has 20 heavy (non-hydrogen) atoms. The zero-order valence-electron chi connectivity index (χ0n) is 10.3. The predicted octanol–water partition coefficient (Wildman–Crippen LogP) is 2.08. The van der Waals surface area contributed by atoms with E-state index in [2.05, 4.69) is 20.7 Å². The van der Waals surface area contributed by atoms with Crippen LogP contribution in [-0.2, 0) is 0 Å². The van der Waals surface area contributed by atoms with Crippen LogP contribution in [0, 0.1) is 11.3 Å². The first-order chi connectivity index (χ1) is 9.76. The molecule has 0 saturated heterocycles. The Morgan fingerprint density at radius 1 is 1.15 bits per heavy atom. The Labute approximate surface area is 114 Å². The van der Waals surface area contributed by atoms with E-state index in [9.17, 15) is 4.79 Å². The average molecular weight is 263 g/mol. The third-order valence-corrected chi connectivity index (χ3v) is 2.83. The molecule has 1 amide bonds. The second-order valence-electron chi connectivity index (χ2n) is 4.17. The summed E-state index contributed by atoms with van der Waals surface area (Å²) in [4.78, 5) is 12.1. The van der Waals surface area contributed by atoms with Crippen LogP contribution in [0.25, 0.3) is 11.0 Å². The standard InChI is InChI=1S/C14H9N5O/c15-8-9-2-1-3-11(6-9)16-14(20)10-4-5-12-13(7-10)18-19-17-12/h1-7H,(H,16,20)(H,17,18,19). The number of carbonyl (C=O) groups is 1. The second-order valence-corrected chi connectivity index (χ2v) is 4.17. The maximum atomic E-state index is 12.1. The number of nitrogens with zero attached hydrogens (tertiary/aromatic N) is 3. The van der Waals surface area contributed by atoms with E-state index >= 15 is 0 Å². The summed E-state index contributed by atoms with van der Waals surface area (Å²) < 4.78 is 0. The minimum Gasteiger partial charge on any atom is -0.322 e. The van der Waals surface area contributed by atoms with Gasteiger partial charge < -0.3 is 5.32 Å². The lowest BCUT2D eigenvalue weighted by molar-refractivity contribution is 0.102. The number of anilines is 1. The van der Waals surface area contributed by atoms with Gasteiger partial charge in [-0.1, -0.05) is 6.07 Å². The van der Waals surface area contributed by atoms with Gasteiger partial charge in [-0.2, -0.15) is 20.7 Å². The molecular weight excluding hydrogens is 254 g/mol. The molecule has 1 aromatic heterocycles. The van der Waals surface area contributed by atoms with Crippen LogP contribution in [0.1, 0.15) is 15.9 Å². The molecular formula is C14H9N5O. The number of hydrogen-bond donors (Lipinski definition) is 2. The summed E-state index contributed by atoms with van der Waals surface area (Å²) in [6, 6.07) is 13.8. The predicted molar refractivity (Wildman–Crippen MR) is 73.0 cm³/mol. The summed E-state index contributed by atoms with van der Waals surface area (Å²) in [5.74, 6) is -0.259. The molecule has 1 heterocycles. The first kappa shape index (κ1) is 11.9. The van der Waals surface area contributed by atoms with Gasteiger partial charge in [-0.15, -0.1) is 0 Å². The quantitative estimate of drug-likeness (QED) is 0.740.